The molecule has 1 aromatic carbocycles. The SMILES string of the molecule is CCOC(=O)c1ccccc1NC(=O)c1cncc(N2CCCCCC2)c1. The molecule has 0 radical (unpaired) electrons. The Morgan fingerprint density at radius 2 is 1.85 bits per heavy atom. The lowest BCUT2D eigenvalue weighted by atomic mass is 10.1. The average Bonchev–Trinajstić information content (AvgIpc) is 2.98. The number of para-hydroxylation sites is 1. The van der Waals surface area contributed by atoms with Crippen molar-refractivity contribution in [3.63, 3.8) is 0 Å². The number of rotatable bonds is 5. The van der Waals surface area contributed by atoms with Crippen molar-refractivity contribution in [1.82, 2.24) is 4.98 Å². The predicted molar refractivity (Wildman–Crippen MR) is 105 cm³/mol. The molecule has 0 bridgehead atoms. The fourth-order valence-corrected chi connectivity index (χ4v) is 3.23. The monoisotopic (exact) mass is 367 g/mol. The van der Waals surface area contributed by atoms with Crippen LogP contribution in [-0.2, 0) is 4.74 Å². The molecule has 1 N–H and O–H groups in total. The number of hydrogen-bond donors (Lipinski definition) is 1. The van der Waals surface area contributed by atoms with Crippen LogP contribution in [0.2, 0.25) is 0 Å². The van der Waals surface area contributed by atoms with E-state index in [1.165, 1.54) is 12.8 Å². The highest BCUT2D eigenvalue weighted by atomic mass is 16.5. The van der Waals surface area contributed by atoms with Crippen molar-refractivity contribution in [3.05, 3.63) is 53.9 Å². The van der Waals surface area contributed by atoms with Crippen molar-refractivity contribution in [1.29, 1.82) is 0 Å². The fraction of sp³-hybridized carbons (Fsp3) is 0.381. The molecule has 1 saturated heterocycles. The minimum absolute atomic E-state index is 0.281. The van der Waals surface area contributed by atoms with Gasteiger partial charge in [-0.05, 0) is 38.0 Å². The number of carbonyl (C=O) groups is 2. The summed E-state index contributed by atoms with van der Waals surface area (Å²) in [6.07, 6.45) is 8.15. The van der Waals surface area contributed by atoms with Gasteiger partial charge < -0.3 is 15.0 Å². The van der Waals surface area contributed by atoms with E-state index in [9.17, 15) is 9.59 Å². The normalized spacial score (nSPS) is 14.3. The molecule has 1 aliphatic rings. The van der Waals surface area contributed by atoms with Crippen LogP contribution in [0.4, 0.5) is 11.4 Å². The zero-order chi connectivity index (χ0) is 19.1. The van der Waals surface area contributed by atoms with Crippen LogP contribution in [0.25, 0.3) is 0 Å². The summed E-state index contributed by atoms with van der Waals surface area (Å²) < 4.78 is 5.06. The molecule has 142 valence electrons. The van der Waals surface area contributed by atoms with Crippen molar-refractivity contribution < 1.29 is 14.3 Å². The third kappa shape index (κ3) is 4.84. The minimum Gasteiger partial charge on any atom is -0.462 e. The lowest BCUT2D eigenvalue weighted by Gasteiger charge is -2.22. The Balaban J connectivity index is 1.77. The summed E-state index contributed by atoms with van der Waals surface area (Å²) in [5, 5.41) is 2.81. The highest BCUT2D eigenvalue weighted by Crippen LogP contribution is 2.21. The van der Waals surface area contributed by atoms with Crippen LogP contribution in [0.5, 0.6) is 0 Å². The first kappa shape index (κ1) is 18.9. The second-order valence-electron chi connectivity index (χ2n) is 6.55. The van der Waals surface area contributed by atoms with Gasteiger partial charge in [-0.1, -0.05) is 25.0 Å². The molecule has 2 heterocycles. The molecule has 0 atom stereocenters. The van der Waals surface area contributed by atoms with Crippen LogP contribution in [0.3, 0.4) is 0 Å². The molecule has 27 heavy (non-hydrogen) atoms. The Hall–Kier alpha value is -2.89. The summed E-state index contributed by atoms with van der Waals surface area (Å²) in [4.78, 5) is 31.3. The van der Waals surface area contributed by atoms with Gasteiger partial charge in [-0.25, -0.2) is 4.79 Å². The first-order valence-electron chi connectivity index (χ1n) is 9.46. The lowest BCUT2D eigenvalue weighted by Crippen LogP contribution is -2.24. The van der Waals surface area contributed by atoms with Gasteiger partial charge in [0, 0.05) is 19.3 Å². The molecule has 3 rings (SSSR count). The van der Waals surface area contributed by atoms with Crippen molar-refractivity contribution in [2.45, 2.75) is 32.6 Å². The van der Waals surface area contributed by atoms with Gasteiger partial charge >= 0.3 is 5.97 Å². The summed E-state index contributed by atoms with van der Waals surface area (Å²) in [5.74, 6) is -0.749. The maximum Gasteiger partial charge on any atom is 0.340 e. The number of nitrogens with one attached hydrogen (secondary N) is 1. The van der Waals surface area contributed by atoms with Crippen LogP contribution in [0.1, 0.15) is 53.3 Å². The summed E-state index contributed by atoms with van der Waals surface area (Å²) in [5.41, 5.74) is 2.20. The average molecular weight is 367 g/mol. The predicted octanol–water partition coefficient (Wildman–Crippen LogP) is 3.89. The quantitative estimate of drug-likeness (QED) is 0.812. The van der Waals surface area contributed by atoms with E-state index in [-0.39, 0.29) is 12.5 Å². The van der Waals surface area contributed by atoms with Gasteiger partial charge in [0.15, 0.2) is 0 Å². The third-order valence-electron chi connectivity index (χ3n) is 4.63. The second kappa shape index (κ2) is 9.16. The number of pyridine rings is 1. The van der Waals surface area contributed by atoms with Gasteiger partial charge in [0.25, 0.3) is 5.91 Å². The smallest absolute Gasteiger partial charge is 0.340 e. The van der Waals surface area contributed by atoms with Gasteiger partial charge in [0.05, 0.1) is 35.3 Å². The molecule has 2 aromatic rings. The van der Waals surface area contributed by atoms with E-state index in [1.807, 2.05) is 6.07 Å². The number of nitrogens with zero attached hydrogens (tertiary/aromatic N) is 2. The van der Waals surface area contributed by atoms with E-state index >= 15 is 0 Å². The first-order valence-corrected chi connectivity index (χ1v) is 9.46. The lowest BCUT2D eigenvalue weighted by molar-refractivity contribution is 0.0527. The van der Waals surface area contributed by atoms with Crippen molar-refractivity contribution in [2.24, 2.45) is 0 Å². The van der Waals surface area contributed by atoms with Crippen molar-refractivity contribution in [3.8, 4) is 0 Å². The molecular weight excluding hydrogens is 342 g/mol. The first-order chi connectivity index (χ1) is 13.2. The Morgan fingerprint density at radius 1 is 1.11 bits per heavy atom. The van der Waals surface area contributed by atoms with E-state index in [0.29, 0.717) is 16.8 Å². The van der Waals surface area contributed by atoms with Crippen LogP contribution in [0, 0.1) is 0 Å². The molecule has 1 aromatic heterocycles. The number of benzene rings is 1. The fourth-order valence-electron chi connectivity index (χ4n) is 3.23. The van der Waals surface area contributed by atoms with Gasteiger partial charge in [0.2, 0.25) is 0 Å². The Labute approximate surface area is 159 Å². The van der Waals surface area contributed by atoms with Gasteiger partial charge in [0.1, 0.15) is 0 Å². The highest BCUT2D eigenvalue weighted by Gasteiger charge is 2.17. The van der Waals surface area contributed by atoms with Crippen LogP contribution in [0.15, 0.2) is 42.7 Å². The standard InChI is InChI=1S/C21H25N3O3/c1-2-27-21(26)18-9-5-6-10-19(18)23-20(25)16-13-17(15-22-14-16)24-11-7-3-4-8-12-24/h5-6,9-10,13-15H,2-4,7-8,11-12H2,1H3,(H,23,25). The number of hydrogen-bond acceptors (Lipinski definition) is 5. The molecular formula is C21H25N3O3. The molecule has 1 aliphatic heterocycles. The number of carbonyl (C=O) groups excluding carboxylic acids is 2. The largest absolute Gasteiger partial charge is 0.462 e. The van der Waals surface area contributed by atoms with Crippen LogP contribution in [-0.4, -0.2) is 36.6 Å². The molecule has 1 fully saturated rings. The van der Waals surface area contributed by atoms with Crippen LogP contribution < -0.4 is 10.2 Å². The van der Waals surface area contributed by atoms with Crippen molar-refractivity contribution >= 4 is 23.3 Å². The summed E-state index contributed by atoms with van der Waals surface area (Å²) in [6.45, 7) is 4.00. The Kier molecular flexibility index (Phi) is 6.41. The van der Waals surface area contributed by atoms with Crippen molar-refractivity contribution in [2.75, 3.05) is 29.9 Å². The molecule has 0 unspecified atom stereocenters. The summed E-state index contributed by atoms with van der Waals surface area (Å²) in [7, 11) is 0. The Bertz CT molecular complexity index is 799. The van der Waals surface area contributed by atoms with E-state index in [1.54, 1.807) is 43.6 Å². The van der Waals surface area contributed by atoms with Gasteiger partial charge in [-0.2, -0.15) is 0 Å². The summed E-state index contributed by atoms with van der Waals surface area (Å²) in [6, 6.07) is 8.70. The zero-order valence-electron chi connectivity index (χ0n) is 15.6. The highest BCUT2D eigenvalue weighted by molar-refractivity contribution is 6.08. The van der Waals surface area contributed by atoms with E-state index in [4.69, 9.17) is 4.74 Å². The number of anilines is 2. The maximum absolute atomic E-state index is 12.7. The van der Waals surface area contributed by atoms with E-state index < -0.39 is 5.97 Å². The number of ether oxygens (including phenoxy) is 1. The minimum atomic E-state index is -0.454. The molecule has 0 saturated carbocycles. The molecule has 6 heteroatoms. The molecule has 0 aliphatic carbocycles. The number of aromatic nitrogens is 1. The topological polar surface area (TPSA) is 71.5 Å². The van der Waals surface area contributed by atoms with Gasteiger partial charge in [-0.3, -0.25) is 9.78 Å². The maximum atomic E-state index is 12.7. The number of amides is 1. The van der Waals surface area contributed by atoms with E-state index in [0.717, 1.165) is 31.6 Å². The molecule has 0 spiro atoms. The summed E-state index contributed by atoms with van der Waals surface area (Å²) >= 11 is 0. The Morgan fingerprint density at radius 3 is 2.59 bits per heavy atom. The third-order valence-corrected chi connectivity index (χ3v) is 4.63. The van der Waals surface area contributed by atoms with Gasteiger partial charge in [-0.15, -0.1) is 0 Å². The second-order valence-corrected chi connectivity index (χ2v) is 6.55. The molecule has 1 amide bonds. The number of esters is 1. The zero-order valence-corrected chi connectivity index (χ0v) is 15.6. The molecule has 6 nitrogen and oxygen atoms in total. The van der Waals surface area contributed by atoms with E-state index in [2.05, 4.69) is 15.2 Å². The van der Waals surface area contributed by atoms with Crippen LogP contribution >= 0.6 is 0 Å².